The van der Waals surface area contributed by atoms with E-state index in [-0.39, 0.29) is 16.3 Å². The summed E-state index contributed by atoms with van der Waals surface area (Å²) < 4.78 is 47.6. The van der Waals surface area contributed by atoms with Gasteiger partial charge in [-0.25, -0.2) is 26.4 Å². The molecule has 0 fully saturated rings. The van der Waals surface area contributed by atoms with E-state index in [1.54, 1.807) is 0 Å². The lowest BCUT2D eigenvalue weighted by Gasteiger charge is -2.22. The molecule has 0 saturated carbocycles. The molecule has 7 nitrogen and oxygen atoms in total. The van der Waals surface area contributed by atoms with Crippen LogP contribution in [0.3, 0.4) is 0 Å². The largest absolute Gasteiger partial charge is 0.478 e. The summed E-state index contributed by atoms with van der Waals surface area (Å²) in [6.45, 7) is 2.51. The van der Waals surface area contributed by atoms with E-state index in [2.05, 4.69) is 4.72 Å². The molecule has 0 aliphatic heterocycles. The van der Waals surface area contributed by atoms with Gasteiger partial charge in [0, 0.05) is 18.2 Å². The van der Waals surface area contributed by atoms with Crippen LogP contribution in [0.5, 0.6) is 0 Å². The first-order chi connectivity index (χ1) is 8.87. The lowest BCUT2D eigenvalue weighted by atomic mass is 10.2. The summed E-state index contributed by atoms with van der Waals surface area (Å²) in [7, 11) is -7.36. The van der Waals surface area contributed by atoms with Gasteiger partial charge in [0.25, 0.3) is 0 Å². The van der Waals surface area contributed by atoms with E-state index in [9.17, 15) is 21.6 Å². The van der Waals surface area contributed by atoms with Gasteiger partial charge in [-0.2, -0.15) is 0 Å². The van der Waals surface area contributed by atoms with Gasteiger partial charge in [-0.1, -0.05) is 0 Å². The molecule has 2 N–H and O–H groups in total. The summed E-state index contributed by atoms with van der Waals surface area (Å²) in [6.07, 6.45) is 1.02. The van der Waals surface area contributed by atoms with Gasteiger partial charge < -0.3 is 5.11 Å². The topological polar surface area (TPSA) is 118 Å². The van der Waals surface area contributed by atoms with Crippen molar-refractivity contribution in [3.8, 4) is 0 Å². The monoisotopic (exact) mass is 341 g/mol. The molecule has 1 heterocycles. The number of hydrogen-bond acceptors (Lipinski definition) is 6. The molecule has 20 heavy (non-hydrogen) atoms. The second-order valence-corrected chi connectivity index (χ2v) is 10.4. The minimum atomic E-state index is -3.93. The lowest BCUT2D eigenvalue weighted by molar-refractivity contribution is 0.0697. The van der Waals surface area contributed by atoms with Gasteiger partial charge in [-0.05, 0) is 19.9 Å². The fourth-order valence-corrected chi connectivity index (χ4v) is 3.88. The number of sulfonamides is 1. The lowest BCUT2D eigenvalue weighted by Crippen LogP contribution is -2.43. The van der Waals surface area contributed by atoms with Crippen molar-refractivity contribution >= 4 is 37.2 Å². The molecule has 0 bridgehead atoms. The van der Waals surface area contributed by atoms with Crippen molar-refractivity contribution in [1.82, 2.24) is 4.72 Å². The van der Waals surface area contributed by atoms with Gasteiger partial charge >= 0.3 is 5.97 Å². The van der Waals surface area contributed by atoms with Crippen LogP contribution in [-0.4, -0.2) is 45.5 Å². The number of rotatable bonds is 6. The minimum absolute atomic E-state index is 0.127. The van der Waals surface area contributed by atoms with Crippen LogP contribution in [0.2, 0.25) is 0 Å². The molecule has 0 unspecified atom stereocenters. The third kappa shape index (κ3) is 3.78. The van der Waals surface area contributed by atoms with Gasteiger partial charge in [0.05, 0.1) is 10.3 Å². The molecule has 0 radical (unpaired) electrons. The van der Waals surface area contributed by atoms with Crippen molar-refractivity contribution in [2.24, 2.45) is 0 Å². The van der Waals surface area contributed by atoms with Crippen LogP contribution in [0.4, 0.5) is 0 Å². The van der Waals surface area contributed by atoms with Crippen LogP contribution < -0.4 is 4.72 Å². The Kier molecular flexibility index (Phi) is 4.64. The van der Waals surface area contributed by atoms with Crippen molar-refractivity contribution in [2.75, 3.05) is 12.8 Å². The molecule has 1 aromatic heterocycles. The SMILES string of the molecule is CC(C)(CNS(=O)(=O)c1cc(C(=O)O)cs1)S(C)(=O)=O. The smallest absolute Gasteiger partial charge is 0.336 e. The highest BCUT2D eigenvalue weighted by Gasteiger charge is 2.32. The number of nitrogens with one attached hydrogen (secondary N) is 1. The zero-order valence-electron chi connectivity index (χ0n) is 11.1. The van der Waals surface area contributed by atoms with E-state index in [1.807, 2.05) is 0 Å². The molecule has 114 valence electrons. The number of thiophene rings is 1. The predicted octanol–water partition coefficient (Wildman–Crippen LogP) is 0.548. The van der Waals surface area contributed by atoms with Crippen molar-refractivity contribution in [3.05, 3.63) is 17.0 Å². The average molecular weight is 341 g/mol. The average Bonchev–Trinajstić information content (AvgIpc) is 2.75. The van der Waals surface area contributed by atoms with Crippen LogP contribution in [0.25, 0.3) is 0 Å². The van der Waals surface area contributed by atoms with Crippen molar-refractivity contribution in [3.63, 3.8) is 0 Å². The highest BCUT2D eigenvalue weighted by Crippen LogP contribution is 2.21. The Morgan fingerprint density at radius 1 is 1.35 bits per heavy atom. The summed E-state index contributed by atoms with van der Waals surface area (Å²) in [6, 6.07) is 1.03. The van der Waals surface area contributed by atoms with Crippen molar-refractivity contribution in [2.45, 2.75) is 22.8 Å². The highest BCUT2D eigenvalue weighted by atomic mass is 32.2. The summed E-state index contributed by atoms with van der Waals surface area (Å²) >= 11 is 0.762. The van der Waals surface area contributed by atoms with E-state index in [4.69, 9.17) is 5.11 Å². The van der Waals surface area contributed by atoms with Crippen LogP contribution in [0.1, 0.15) is 24.2 Å². The fraction of sp³-hybridized carbons (Fsp3) is 0.500. The first-order valence-corrected chi connectivity index (χ1v) is 9.63. The number of carbonyl (C=O) groups is 1. The second kappa shape index (κ2) is 5.43. The van der Waals surface area contributed by atoms with E-state index < -0.39 is 30.6 Å². The molecule has 0 aliphatic rings. The Balaban J connectivity index is 2.94. The molecule has 0 aromatic carbocycles. The summed E-state index contributed by atoms with van der Waals surface area (Å²) in [4.78, 5) is 10.7. The predicted molar refractivity (Wildman–Crippen MR) is 75.4 cm³/mol. The van der Waals surface area contributed by atoms with Crippen LogP contribution in [0.15, 0.2) is 15.7 Å². The highest BCUT2D eigenvalue weighted by molar-refractivity contribution is 7.92. The van der Waals surface area contributed by atoms with Crippen molar-refractivity contribution < 1.29 is 26.7 Å². The molecule has 0 aliphatic carbocycles. The van der Waals surface area contributed by atoms with E-state index in [0.717, 1.165) is 23.7 Å². The number of aromatic carboxylic acids is 1. The molecule has 1 rings (SSSR count). The van der Waals surface area contributed by atoms with Crippen molar-refractivity contribution in [1.29, 1.82) is 0 Å². The zero-order chi connectivity index (χ0) is 15.8. The first-order valence-electron chi connectivity index (χ1n) is 5.38. The van der Waals surface area contributed by atoms with Gasteiger partial charge in [0.2, 0.25) is 10.0 Å². The van der Waals surface area contributed by atoms with Gasteiger partial charge in [0.1, 0.15) is 4.21 Å². The third-order valence-electron chi connectivity index (χ3n) is 2.78. The Hall–Kier alpha value is -0.970. The van der Waals surface area contributed by atoms with Gasteiger partial charge in [-0.15, -0.1) is 11.3 Å². The Morgan fingerprint density at radius 2 is 1.90 bits per heavy atom. The van der Waals surface area contributed by atoms with Crippen LogP contribution in [-0.2, 0) is 19.9 Å². The van der Waals surface area contributed by atoms with E-state index in [0.29, 0.717) is 0 Å². The normalized spacial score (nSPS) is 13.3. The molecular formula is C10H15NO6S3. The van der Waals surface area contributed by atoms with E-state index >= 15 is 0 Å². The van der Waals surface area contributed by atoms with Gasteiger partial charge in [0.15, 0.2) is 9.84 Å². The quantitative estimate of drug-likeness (QED) is 0.780. The fourth-order valence-electron chi connectivity index (χ4n) is 1.04. The molecule has 10 heteroatoms. The second-order valence-electron chi connectivity index (χ2n) is 4.82. The van der Waals surface area contributed by atoms with Crippen LogP contribution >= 0.6 is 11.3 Å². The maximum Gasteiger partial charge on any atom is 0.336 e. The molecule has 1 aromatic rings. The standard InChI is InChI=1S/C10H15NO6S3/c1-10(2,19(3,14)15)6-11-20(16,17)8-4-7(5-18-8)9(12)13/h4-5,11H,6H2,1-3H3,(H,12,13). The molecule has 0 spiro atoms. The Morgan fingerprint density at radius 3 is 2.30 bits per heavy atom. The van der Waals surface area contributed by atoms with Crippen LogP contribution in [0, 0.1) is 0 Å². The van der Waals surface area contributed by atoms with Gasteiger partial charge in [-0.3, -0.25) is 0 Å². The molecular weight excluding hydrogens is 326 g/mol. The number of hydrogen-bond donors (Lipinski definition) is 2. The maximum absolute atomic E-state index is 12.0. The summed E-state index contributed by atoms with van der Waals surface area (Å²) in [5.74, 6) is -1.22. The molecule has 0 atom stereocenters. The maximum atomic E-state index is 12.0. The molecule has 0 amide bonds. The minimum Gasteiger partial charge on any atom is -0.478 e. The first kappa shape index (κ1) is 17.1. The molecule has 0 saturated heterocycles. The summed E-state index contributed by atoms with van der Waals surface area (Å²) in [5, 5.41) is 9.95. The summed E-state index contributed by atoms with van der Waals surface area (Å²) in [5.41, 5.74) is -0.127. The number of sulfone groups is 1. The Bertz CT molecular complexity index is 714. The third-order valence-corrected chi connectivity index (χ3v) is 7.77. The zero-order valence-corrected chi connectivity index (χ0v) is 13.5. The number of carboxylic acids is 1. The van der Waals surface area contributed by atoms with E-state index in [1.165, 1.54) is 19.2 Å². The number of carboxylic acid groups (broad SMARTS) is 1. The Labute approximate surface area is 121 Å².